The van der Waals surface area contributed by atoms with Gasteiger partial charge in [0, 0.05) is 31.7 Å². The highest BCUT2D eigenvalue weighted by Gasteiger charge is 2.36. The molecule has 35 heavy (non-hydrogen) atoms. The van der Waals surface area contributed by atoms with E-state index in [1.54, 1.807) is 30.1 Å². The van der Waals surface area contributed by atoms with Crippen LogP contribution in [0.15, 0.2) is 35.2 Å². The maximum atomic E-state index is 13.4. The third-order valence-corrected chi connectivity index (χ3v) is 8.12. The first-order valence-corrected chi connectivity index (χ1v) is 12.9. The van der Waals surface area contributed by atoms with E-state index in [1.165, 1.54) is 44.9 Å². The van der Waals surface area contributed by atoms with Crippen molar-refractivity contribution < 1.29 is 32.2 Å². The quantitative estimate of drug-likeness (QED) is 0.494. The summed E-state index contributed by atoms with van der Waals surface area (Å²) in [4.78, 5) is 14.9. The van der Waals surface area contributed by atoms with Gasteiger partial charge in [-0.15, -0.1) is 0 Å². The topological polar surface area (TPSA) is 94.6 Å². The molecule has 1 heterocycles. The second-order valence-electron chi connectivity index (χ2n) is 8.23. The summed E-state index contributed by atoms with van der Waals surface area (Å²) in [6.07, 6.45) is 1.16. The third-order valence-electron chi connectivity index (χ3n) is 6.00. The van der Waals surface area contributed by atoms with Crippen LogP contribution in [0.4, 0.5) is 0 Å². The SMILES string of the molecule is COc1ccc(Cl)cc1S(=O)(=O)N1CCCC(C(=O)N(C)Cc2cc(OC)c(OC)c(OC)c2)C1. The molecule has 0 spiro atoms. The summed E-state index contributed by atoms with van der Waals surface area (Å²) < 4.78 is 49.5. The van der Waals surface area contributed by atoms with Gasteiger partial charge in [0.15, 0.2) is 11.5 Å². The Kier molecular flexibility index (Phi) is 8.74. The molecule has 1 aliphatic heterocycles. The normalized spacial score (nSPS) is 16.5. The number of ether oxygens (including phenoxy) is 4. The number of halogens is 1. The first kappa shape index (κ1) is 26.9. The van der Waals surface area contributed by atoms with Crippen molar-refractivity contribution in [2.75, 3.05) is 48.6 Å². The van der Waals surface area contributed by atoms with E-state index in [0.29, 0.717) is 48.2 Å². The summed E-state index contributed by atoms with van der Waals surface area (Å²) in [5.74, 6) is 1.05. The molecule has 0 aromatic heterocycles. The van der Waals surface area contributed by atoms with Gasteiger partial charge >= 0.3 is 0 Å². The van der Waals surface area contributed by atoms with E-state index in [9.17, 15) is 13.2 Å². The molecule has 1 saturated heterocycles. The smallest absolute Gasteiger partial charge is 0.246 e. The summed E-state index contributed by atoms with van der Waals surface area (Å²) in [7, 11) is 3.79. The fraction of sp³-hybridized carbons (Fsp3) is 0.458. The van der Waals surface area contributed by atoms with Gasteiger partial charge in [-0.25, -0.2) is 8.42 Å². The minimum Gasteiger partial charge on any atom is -0.495 e. The van der Waals surface area contributed by atoms with Crippen LogP contribution in [-0.4, -0.2) is 72.1 Å². The van der Waals surface area contributed by atoms with E-state index in [1.807, 2.05) is 0 Å². The maximum Gasteiger partial charge on any atom is 0.246 e. The molecule has 2 aromatic carbocycles. The Bertz CT molecular complexity index is 1150. The molecule has 1 amide bonds. The monoisotopic (exact) mass is 526 g/mol. The lowest BCUT2D eigenvalue weighted by Crippen LogP contribution is -2.45. The first-order chi connectivity index (χ1) is 16.7. The Morgan fingerprint density at radius 3 is 2.23 bits per heavy atom. The van der Waals surface area contributed by atoms with Crippen LogP contribution in [-0.2, 0) is 21.4 Å². The van der Waals surface area contributed by atoms with Crippen LogP contribution in [0.1, 0.15) is 18.4 Å². The minimum atomic E-state index is -3.90. The molecule has 3 rings (SSSR count). The Hall–Kier alpha value is -2.69. The van der Waals surface area contributed by atoms with Crippen LogP contribution in [0.5, 0.6) is 23.0 Å². The highest BCUT2D eigenvalue weighted by Crippen LogP contribution is 2.38. The zero-order valence-corrected chi connectivity index (χ0v) is 22.1. The zero-order valence-electron chi connectivity index (χ0n) is 20.5. The number of rotatable bonds is 9. The number of carbonyl (C=O) groups is 1. The number of benzene rings is 2. The van der Waals surface area contributed by atoms with Crippen LogP contribution in [0.2, 0.25) is 5.02 Å². The average Bonchev–Trinajstić information content (AvgIpc) is 2.87. The van der Waals surface area contributed by atoms with Gasteiger partial charge in [-0.3, -0.25) is 4.79 Å². The number of carbonyl (C=O) groups excluding carboxylic acids is 1. The van der Waals surface area contributed by atoms with E-state index in [2.05, 4.69) is 0 Å². The largest absolute Gasteiger partial charge is 0.495 e. The number of amides is 1. The summed E-state index contributed by atoms with van der Waals surface area (Å²) in [6, 6.07) is 8.03. The molecule has 0 aliphatic carbocycles. The zero-order chi connectivity index (χ0) is 25.8. The predicted molar refractivity (Wildman–Crippen MR) is 132 cm³/mol. The number of nitrogens with zero attached hydrogens (tertiary/aromatic N) is 2. The molecule has 2 aromatic rings. The maximum absolute atomic E-state index is 13.4. The summed E-state index contributed by atoms with van der Waals surface area (Å²) in [5, 5.41) is 0.291. The van der Waals surface area contributed by atoms with Gasteiger partial charge in [0.25, 0.3) is 0 Å². The Morgan fingerprint density at radius 2 is 1.66 bits per heavy atom. The molecule has 1 aliphatic rings. The number of methoxy groups -OCH3 is 4. The molecule has 0 N–H and O–H groups in total. The van der Waals surface area contributed by atoms with E-state index in [-0.39, 0.29) is 23.1 Å². The predicted octanol–water partition coefficient (Wildman–Crippen LogP) is 3.43. The van der Waals surface area contributed by atoms with Crippen molar-refractivity contribution in [3.63, 3.8) is 0 Å². The van der Waals surface area contributed by atoms with Gasteiger partial charge in [-0.1, -0.05) is 11.6 Å². The van der Waals surface area contributed by atoms with Gasteiger partial charge in [-0.2, -0.15) is 4.31 Å². The van der Waals surface area contributed by atoms with E-state index in [0.717, 1.165) is 5.56 Å². The fourth-order valence-electron chi connectivity index (χ4n) is 4.24. The van der Waals surface area contributed by atoms with Crippen molar-refractivity contribution in [3.8, 4) is 23.0 Å². The van der Waals surface area contributed by atoms with Crippen LogP contribution >= 0.6 is 11.6 Å². The van der Waals surface area contributed by atoms with Crippen molar-refractivity contribution in [2.24, 2.45) is 5.92 Å². The second kappa shape index (κ2) is 11.4. The van der Waals surface area contributed by atoms with Crippen molar-refractivity contribution in [2.45, 2.75) is 24.3 Å². The van der Waals surface area contributed by atoms with E-state index >= 15 is 0 Å². The molecular weight excluding hydrogens is 496 g/mol. The van der Waals surface area contributed by atoms with Crippen LogP contribution in [0, 0.1) is 5.92 Å². The molecule has 192 valence electrons. The highest BCUT2D eigenvalue weighted by molar-refractivity contribution is 7.89. The van der Waals surface area contributed by atoms with Crippen LogP contribution < -0.4 is 18.9 Å². The van der Waals surface area contributed by atoms with E-state index in [4.69, 9.17) is 30.5 Å². The summed E-state index contributed by atoms with van der Waals surface area (Å²) in [6.45, 7) is 0.690. The Balaban J connectivity index is 1.78. The van der Waals surface area contributed by atoms with Crippen molar-refractivity contribution in [3.05, 3.63) is 40.9 Å². The molecule has 0 radical (unpaired) electrons. The molecule has 1 atom stereocenters. The highest BCUT2D eigenvalue weighted by atomic mass is 35.5. The average molecular weight is 527 g/mol. The lowest BCUT2D eigenvalue weighted by atomic mass is 9.98. The minimum absolute atomic E-state index is 0.00798. The summed E-state index contributed by atoms with van der Waals surface area (Å²) >= 11 is 6.05. The van der Waals surface area contributed by atoms with Gasteiger partial charge in [0.05, 0.1) is 34.4 Å². The van der Waals surface area contributed by atoms with E-state index < -0.39 is 15.9 Å². The van der Waals surface area contributed by atoms with Gasteiger partial charge < -0.3 is 23.8 Å². The number of sulfonamides is 1. The Labute approximate surface area is 211 Å². The molecular formula is C24H31ClN2O7S. The molecule has 0 saturated carbocycles. The van der Waals surface area contributed by atoms with Crippen molar-refractivity contribution >= 4 is 27.5 Å². The second-order valence-corrected chi connectivity index (χ2v) is 10.6. The molecule has 1 unspecified atom stereocenters. The van der Waals surface area contributed by atoms with Crippen molar-refractivity contribution in [1.82, 2.24) is 9.21 Å². The Morgan fingerprint density at radius 1 is 1.03 bits per heavy atom. The molecule has 11 heteroatoms. The molecule has 1 fully saturated rings. The van der Waals surface area contributed by atoms with Crippen molar-refractivity contribution in [1.29, 1.82) is 0 Å². The lowest BCUT2D eigenvalue weighted by Gasteiger charge is -2.33. The van der Waals surface area contributed by atoms with Crippen LogP contribution in [0.3, 0.4) is 0 Å². The van der Waals surface area contributed by atoms with Gasteiger partial charge in [0.1, 0.15) is 10.6 Å². The first-order valence-electron chi connectivity index (χ1n) is 11.0. The van der Waals surface area contributed by atoms with Crippen LogP contribution in [0.25, 0.3) is 0 Å². The lowest BCUT2D eigenvalue weighted by molar-refractivity contribution is -0.135. The summed E-state index contributed by atoms with van der Waals surface area (Å²) in [5.41, 5.74) is 0.791. The number of hydrogen-bond donors (Lipinski definition) is 0. The fourth-order valence-corrected chi connectivity index (χ4v) is 6.19. The van der Waals surface area contributed by atoms with Gasteiger partial charge in [0.2, 0.25) is 21.7 Å². The number of piperidine rings is 1. The molecule has 9 nitrogen and oxygen atoms in total. The van der Waals surface area contributed by atoms with Gasteiger partial charge in [-0.05, 0) is 48.7 Å². The standard InChI is InChI=1S/C24H31ClN2O7S/c1-26(14-16-11-20(32-3)23(34-5)21(12-16)33-4)24(28)17-7-6-10-27(15-17)35(29,30)22-13-18(25)8-9-19(22)31-2/h8-9,11-13,17H,6-7,10,14-15H2,1-5H3. The molecule has 0 bridgehead atoms. The third kappa shape index (κ3) is 5.76. The number of hydrogen-bond acceptors (Lipinski definition) is 7.